The quantitative estimate of drug-likeness (QED) is 0.193. The molecule has 1 saturated heterocycles. The van der Waals surface area contributed by atoms with E-state index in [1.54, 1.807) is 17.0 Å². The fourth-order valence-electron chi connectivity index (χ4n) is 7.41. The molecule has 2 unspecified atom stereocenters. The number of quaternary nitrogens is 1. The van der Waals surface area contributed by atoms with Gasteiger partial charge < -0.3 is 24.3 Å². The van der Waals surface area contributed by atoms with Gasteiger partial charge in [0.2, 0.25) is 0 Å². The minimum atomic E-state index is -0.500. The number of fused-ring (bicyclic) bond motifs is 2. The van der Waals surface area contributed by atoms with Crippen LogP contribution in [0, 0.1) is 17.7 Å². The highest BCUT2D eigenvalue weighted by Gasteiger charge is 2.47. The van der Waals surface area contributed by atoms with Gasteiger partial charge in [-0.25, -0.2) is 9.07 Å². The number of rotatable bonds is 11. The Bertz CT molecular complexity index is 1630. The Hall–Kier alpha value is -4.31. The molecule has 4 atom stereocenters. The molecule has 46 heavy (non-hydrogen) atoms. The fraction of sp³-hybridized carbons (Fsp3) is 0.444. The van der Waals surface area contributed by atoms with E-state index in [0.717, 1.165) is 71.6 Å². The van der Waals surface area contributed by atoms with E-state index in [-0.39, 0.29) is 17.6 Å². The van der Waals surface area contributed by atoms with Crippen molar-refractivity contribution in [2.24, 2.45) is 11.8 Å². The van der Waals surface area contributed by atoms with Gasteiger partial charge in [0.25, 0.3) is 0 Å². The van der Waals surface area contributed by atoms with E-state index >= 15 is 0 Å². The summed E-state index contributed by atoms with van der Waals surface area (Å²) in [7, 11) is 0. The number of carbonyl (C=O) groups is 2. The molecule has 1 saturated carbocycles. The zero-order valence-corrected chi connectivity index (χ0v) is 27.0. The maximum Gasteiger partial charge on any atom is 0.163 e. The predicted octanol–water partition coefficient (Wildman–Crippen LogP) is 4.44. The second-order valence-corrected chi connectivity index (χ2v) is 12.4. The van der Waals surface area contributed by atoms with Crippen molar-refractivity contribution in [1.29, 1.82) is 0 Å². The standard InChI is InChI=1S/C35H41FN4O3.CH2O2/c1-5-42-33-17-23(18-34(43-6-2)35(33)24-7-11-27(36)12-8-24)21-39-16-15-28-25(9-13-30(28)39)20-32(41)26-10-14-31-29(19-26)37-38-40(31)22(3)4;2-1-3/h7-8,10-12,14,17-19,22,25,28,30H,5-6,9,13,15-16,20-21H2,1-4H3;1H,(H,2,3)/t25?,28-,30+;/m0./s1. The van der Waals surface area contributed by atoms with E-state index < -0.39 is 6.47 Å². The van der Waals surface area contributed by atoms with E-state index in [1.165, 1.54) is 17.7 Å². The molecule has 1 aliphatic carbocycles. The Morgan fingerprint density at radius 1 is 1.04 bits per heavy atom. The summed E-state index contributed by atoms with van der Waals surface area (Å²) in [6.45, 7) is 10.7. The second-order valence-electron chi connectivity index (χ2n) is 12.4. The van der Waals surface area contributed by atoms with E-state index in [0.29, 0.717) is 37.5 Å². The first-order chi connectivity index (χ1) is 22.3. The van der Waals surface area contributed by atoms with E-state index in [4.69, 9.17) is 19.4 Å². The number of ether oxygens (including phenoxy) is 2. The summed E-state index contributed by atoms with van der Waals surface area (Å²) in [4.78, 5) is 23.2. The van der Waals surface area contributed by atoms with E-state index in [9.17, 15) is 9.18 Å². The van der Waals surface area contributed by atoms with Crippen LogP contribution in [0.5, 0.6) is 11.5 Å². The zero-order chi connectivity index (χ0) is 32.8. The number of halogens is 1. The van der Waals surface area contributed by atoms with Crippen molar-refractivity contribution < 1.29 is 33.5 Å². The second kappa shape index (κ2) is 14.9. The monoisotopic (exact) mass is 630 g/mol. The molecule has 4 aromatic rings. The SMILES string of the molecule is CCOc1cc(C[NH+]2CC[C@H]3C(CC(=O)c4ccc5c(c4)nnn5C(C)C)CC[C@H]32)cc(OCC)c1-c1ccc(F)cc1.O=C[O-]. The maximum absolute atomic E-state index is 13.7. The van der Waals surface area contributed by atoms with Crippen molar-refractivity contribution in [2.45, 2.75) is 72.0 Å². The first-order valence-electron chi connectivity index (χ1n) is 16.2. The summed E-state index contributed by atoms with van der Waals surface area (Å²) in [5.41, 5.74) is 5.40. The lowest BCUT2D eigenvalue weighted by atomic mass is 9.87. The number of nitrogens with zero attached hydrogens (tertiary/aromatic N) is 3. The molecule has 0 amide bonds. The summed E-state index contributed by atoms with van der Waals surface area (Å²) in [5, 5.41) is 16.8. The third-order valence-corrected chi connectivity index (χ3v) is 9.31. The van der Waals surface area contributed by atoms with Gasteiger partial charge in [-0.2, -0.15) is 0 Å². The molecule has 3 aromatic carbocycles. The Morgan fingerprint density at radius 2 is 1.72 bits per heavy atom. The first-order valence-corrected chi connectivity index (χ1v) is 16.2. The number of nitrogens with one attached hydrogen (secondary N) is 1. The molecule has 0 bridgehead atoms. The van der Waals surface area contributed by atoms with Crippen LogP contribution >= 0.6 is 0 Å². The van der Waals surface area contributed by atoms with E-state index in [1.807, 2.05) is 36.7 Å². The van der Waals surface area contributed by atoms with Crippen LogP contribution in [0.3, 0.4) is 0 Å². The highest BCUT2D eigenvalue weighted by Crippen LogP contribution is 2.41. The lowest BCUT2D eigenvalue weighted by molar-refractivity contribution is -0.927. The number of carbonyl (C=O) groups excluding carboxylic acids is 2. The smallest absolute Gasteiger partial charge is 0.163 e. The van der Waals surface area contributed by atoms with Crippen LogP contribution in [0.1, 0.15) is 75.3 Å². The largest absolute Gasteiger partial charge is 0.554 e. The number of Topliss-reactive ketones (excluding diaryl/α,β-unsaturated/α-hetero) is 1. The molecule has 1 aromatic heterocycles. The van der Waals surface area contributed by atoms with Gasteiger partial charge in [-0.15, -0.1) is 5.10 Å². The summed E-state index contributed by atoms with van der Waals surface area (Å²) in [5.74, 6) is 2.45. The highest BCUT2D eigenvalue weighted by atomic mass is 19.1. The highest BCUT2D eigenvalue weighted by molar-refractivity contribution is 5.99. The molecule has 1 N–H and O–H groups in total. The van der Waals surface area contributed by atoms with Gasteiger partial charge >= 0.3 is 0 Å². The normalized spacial score (nSPS) is 20.3. The molecule has 10 heteroatoms. The van der Waals surface area contributed by atoms with Gasteiger partial charge in [-0.3, -0.25) is 4.79 Å². The molecule has 0 radical (unpaired) electrons. The average molecular weight is 631 g/mol. The Morgan fingerprint density at radius 3 is 2.35 bits per heavy atom. The van der Waals surface area contributed by atoms with Crippen molar-refractivity contribution >= 4 is 23.3 Å². The van der Waals surface area contributed by atoms with Crippen molar-refractivity contribution in [1.82, 2.24) is 15.0 Å². The number of benzene rings is 3. The van der Waals surface area contributed by atoms with Crippen molar-refractivity contribution in [2.75, 3.05) is 19.8 Å². The maximum atomic E-state index is 13.7. The van der Waals surface area contributed by atoms with Gasteiger partial charge in [0, 0.05) is 42.4 Å². The van der Waals surface area contributed by atoms with Gasteiger partial charge in [0.05, 0.1) is 36.9 Å². The third kappa shape index (κ3) is 7.07. The number of hydrogen-bond acceptors (Lipinski definition) is 7. The van der Waals surface area contributed by atoms with Crippen LogP contribution in [0.15, 0.2) is 54.6 Å². The van der Waals surface area contributed by atoms with E-state index in [2.05, 4.69) is 36.3 Å². The zero-order valence-electron chi connectivity index (χ0n) is 27.0. The van der Waals surface area contributed by atoms with Gasteiger partial charge in [-0.05, 0) is 94.5 Å². The Balaban J connectivity index is 0.00000134. The Kier molecular flexibility index (Phi) is 10.7. The van der Waals surface area contributed by atoms with Gasteiger partial charge in [0.1, 0.15) is 29.4 Å². The number of ketones is 1. The third-order valence-electron chi connectivity index (χ3n) is 9.31. The molecule has 244 valence electrons. The Labute approximate surface area is 269 Å². The van der Waals surface area contributed by atoms with Crippen molar-refractivity contribution in [3.8, 4) is 22.6 Å². The number of carboxylic acid groups (broad SMARTS) is 1. The van der Waals surface area contributed by atoms with Crippen molar-refractivity contribution in [3.05, 3.63) is 71.5 Å². The molecular formula is C36H43FN4O5. The summed E-state index contributed by atoms with van der Waals surface area (Å²) < 4.78 is 27.8. The topological polar surface area (TPSA) is 111 Å². The molecule has 2 fully saturated rings. The number of likely N-dealkylation sites (tertiary alicyclic amines) is 1. The minimum absolute atomic E-state index is 0.208. The molecule has 2 aliphatic rings. The van der Waals surface area contributed by atoms with Crippen LogP contribution < -0.4 is 19.5 Å². The molecule has 9 nitrogen and oxygen atoms in total. The van der Waals surface area contributed by atoms with Gasteiger partial charge in [0.15, 0.2) is 5.78 Å². The molecule has 2 heterocycles. The summed E-state index contributed by atoms with van der Waals surface area (Å²) in [6.07, 6.45) is 3.97. The van der Waals surface area contributed by atoms with Crippen LogP contribution in [-0.2, 0) is 11.3 Å². The fourth-order valence-corrected chi connectivity index (χ4v) is 7.41. The number of hydrogen-bond donors (Lipinski definition) is 1. The van der Waals surface area contributed by atoms with Crippen LogP contribution in [-0.4, -0.2) is 53.0 Å². The van der Waals surface area contributed by atoms with Crippen LogP contribution in [0.2, 0.25) is 0 Å². The molecule has 6 rings (SSSR count). The minimum Gasteiger partial charge on any atom is -0.554 e. The lowest BCUT2D eigenvalue weighted by Crippen LogP contribution is -3.12. The molecule has 0 spiro atoms. The molecular weight excluding hydrogens is 587 g/mol. The first kappa shape index (κ1) is 33.1. The summed E-state index contributed by atoms with van der Waals surface area (Å²) in [6, 6.07) is 17.4. The van der Waals surface area contributed by atoms with Crippen molar-refractivity contribution in [3.63, 3.8) is 0 Å². The summed E-state index contributed by atoms with van der Waals surface area (Å²) >= 11 is 0. The van der Waals surface area contributed by atoms with Crippen LogP contribution in [0.4, 0.5) is 4.39 Å². The molecule has 1 aliphatic heterocycles. The number of aromatic nitrogens is 3. The predicted molar refractivity (Wildman–Crippen MR) is 171 cm³/mol. The average Bonchev–Trinajstić information content (AvgIpc) is 3.75. The lowest BCUT2D eigenvalue weighted by Gasteiger charge is -2.23. The van der Waals surface area contributed by atoms with Gasteiger partial charge in [-0.1, -0.05) is 17.3 Å². The van der Waals surface area contributed by atoms with Crippen LogP contribution in [0.25, 0.3) is 22.2 Å².